The molecule has 0 aliphatic rings. The van der Waals surface area contributed by atoms with Gasteiger partial charge in [-0.3, -0.25) is 9.79 Å². The van der Waals surface area contributed by atoms with E-state index in [1.54, 1.807) is 66.9 Å². The summed E-state index contributed by atoms with van der Waals surface area (Å²) in [5.74, 6) is -0.0782. The molecule has 0 radical (unpaired) electrons. The van der Waals surface area contributed by atoms with E-state index < -0.39 is 5.97 Å². The van der Waals surface area contributed by atoms with Gasteiger partial charge in [-0.25, -0.2) is 9.78 Å². The Balaban J connectivity index is 1.67. The number of ether oxygens (including phenoxy) is 1. The van der Waals surface area contributed by atoms with E-state index in [1.165, 1.54) is 13.1 Å². The highest BCUT2D eigenvalue weighted by Gasteiger charge is 2.08. The maximum atomic E-state index is 12.0. The first-order valence-corrected chi connectivity index (χ1v) is 8.00. The van der Waals surface area contributed by atoms with Crippen molar-refractivity contribution in [2.45, 2.75) is 6.92 Å². The number of esters is 1. The van der Waals surface area contributed by atoms with Crippen molar-refractivity contribution < 1.29 is 14.3 Å². The second-order valence-electron chi connectivity index (χ2n) is 5.54. The molecular weight excluding hydrogens is 328 g/mol. The zero-order valence-electron chi connectivity index (χ0n) is 14.1. The Bertz CT molecular complexity index is 949. The predicted octanol–water partition coefficient (Wildman–Crippen LogP) is 4.25. The predicted molar refractivity (Wildman–Crippen MR) is 99.3 cm³/mol. The van der Waals surface area contributed by atoms with Crippen molar-refractivity contribution in [1.82, 2.24) is 4.98 Å². The van der Waals surface area contributed by atoms with Gasteiger partial charge in [0.25, 0.3) is 0 Å². The van der Waals surface area contributed by atoms with Gasteiger partial charge in [0.2, 0.25) is 0 Å². The van der Waals surface area contributed by atoms with E-state index in [1.807, 2.05) is 6.07 Å². The number of aliphatic imine (C=N–C) groups is 1. The third-order valence-corrected chi connectivity index (χ3v) is 3.58. The summed E-state index contributed by atoms with van der Waals surface area (Å²) in [7, 11) is 0. The van der Waals surface area contributed by atoms with Crippen LogP contribution in [0, 0.1) is 0 Å². The number of hydrogen-bond donors (Lipinski definition) is 0. The van der Waals surface area contributed by atoms with Crippen LogP contribution in [0.3, 0.4) is 0 Å². The van der Waals surface area contributed by atoms with Crippen LogP contribution in [0.4, 0.5) is 5.69 Å². The molecule has 0 amide bonds. The van der Waals surface area contributed by atoms with E-state index >= 15 is 0 Å². The zero-order valence-corrected chi connectivity index (χ0v) is 14.1. The van der Waals surface area contributed by atoms with E-state index in [4.69, 9.17) is 4.74 Å². The average molecular weight is 344 g/mol. The highest BCUT2D eigenvalue weighted by molar-refractivity contribution is 5.95. The van der Waals surface area contributed by atoms with Crippen molar-refractivity contribution in [2.24, 2.45) is 4.99 Å². The minimum Gasteiger partial charge on any atom is -0.422 e. The van der Waals surface area contributed by atoms with Crippen LogP contribution in [-0.2, 0) is 0 Å². The molecule has 3 rings (SSSR count). The molecule has 0 bridgehead atoms. The third kappa shape index (κ3) is 4.48. The molecule has 0 spiro atoms. The number of ketones is 1. The highest BCUT2D eigenvalue weighted by Crippen LogP contribution is 2.16. The Morgan fingerprint density at radius 3 is 2.50 bits per heavy atom. The molecule has 0 aliphatic heterocycles. The van der Waals surface area contributed by atoms with Gasteiger partial charge in [0.1, 0.15) is 11.4 Å². The van der Waals surface area contributed by atoms with Crippen LogP contribution in [0.15, 0.2) is 77.9 Å². The summed E-state index contributed by atoms with van der Waals surface area (Å²) in [5.41, 5.74) is 2.42. The molecule has 1 heterocycles. The van der Waals surface area contributed by atoms with Gasteiger partial charge in [0.15, 0.2) is 5.78 Å². The lowest BCUT2D eigenvalue weighted by Gasteiger charge is -2.03. The molecule has 0 saturated heterocycles. The fraction of sp³-hybridized carbons (Fsp3) is 0.0476. The van der Waals surface area contributed by atoms with Crippen LogP contribution in [0.1, 0.15) is 33.3 Å². The maximum absolute atomic E-state index is 12.0. The number of pyridine rings is 1. The molecule has 0 unspecified atom stereocenters. The minimum atomic E-state index is -0.506. The number of benzene rings is 2. The average Bonchev–Trinajstić information content (AvgIpc) is 2.68. The molecule has 26 heavy (non-hydrogen) atoms. The van der Waals surface area contributed by atoms with E-state index in [0.29, 0.717) is 17.0 Å². The molecule has 128 valence electrons. The maximum Gasteiger partial charge on any atom is 0.362 e. The van der Waals surface area contributed by atoms with Crippen molar-refractivity contribution in [1.29, 1.82) is 0 Å². The Morgan fingerprint density at radius 1 is 1.00 bits per heavy atom. The number of carbonyl (C=O) groups is 2. The third-order valence-electron chi connectivity index (χ3n) is 3.58. The summed E-state index contributed by atoms with van der Waals surface area (Å²) < 4.78 is 5.28. The molecule has 2 aromatic carbocycles. The van der Waals surface area contributed by atoms with Crippen molar-refractivity contribution in [3.05, 3.63) is 89.7 Å². The zero-order chi connectivity index (χ0) is 18.4. The number of carbonyl (C=O) groups excluding carboxylic acids is 2. The first-order valence-electron chi connectivity index (χ1n) is 8.00. The topological polar surface area (TPSA) is 68.6 Å². The molecule has 1 aromatic heterocycles. The largest absolute Gasteiger partial charge is 0.422 e. The van der Waals surface area contributed by atoms with Crippen LogP contribution in [0.2, 0.25) is 0 Å². The lowest BCUT2D eigenvalue weighted by molar-refractivity contribution is 0.0728. The van der Waals surface area contributed by atoms with E-state index in [2.05, 4.69) is 9.98 Å². The number of rotatable bonds is 5. The quantitative estimate of drug-likeness (QED) is 0.300. The van der Waals surface area contributed by atoms with Gasteiger partial charge < -0.3 is 4.74 Å². The lowest BCUT2D eigenvalue weighted by atomic mass is 10.1. The molecule has 0 aliphatic carbocycles. The van der Waals surface area contributed by atoms with Crippen LogP contribution in [0.5, 0.6) is 5.75 Å². The molecule has 3 aromatic rings. The summed E-state index contributed by atoms with van der Waals surface area (Å²) in [5, 5.41) is 0. The monoisotopic (exact) mass is 344 g/mol. The van der Waals surface area contributed by atoms with Crippen LogP contribution < -0.4 is 4.74 Å². The van der Waals surface area contributed by atoms with Gasteiger partial charge in [0, 0.05) is 18.0 Å². The van der Waals surface area contributed by atoms with Crippen LogP contribution in [0.25, 0.3) is 0 Å². The van der Waals surface area contributed by atoms with Gasteiger partial charge in [-0.1, -0.05) is 18.2 Å². The van der Waals surface area contributed by atoms with E-state index in [9.17, 15) is 9.59 Å². The van der Waals surface area contributed by atoms with E-state index in [-0.39, 0.29) is 11.5 Å². The van der Waals surface area contributed by atoms with Crippen molar-refractivity contribution in [3.8, 4) is 5.75 Å². The molecule has 0 N–H and O–H groups in total. The number of aromatic nitrogens is 1. The summed E-state index contributed by atoms with van der Waals surface area (Å²) in [6.07, 6.45) is 3.22. The Morgan fingerprint density at radius 2 is 1.81 bits per heavy atom. The second-order valence-corrected chi connectivity index (χ2v) is 5.54. The molecule has 0 atom stereocenters. The van der Waals surface area contributed by atoms with E-state index in [0.717, 1.165) is 5.56 Å². The highest BCUT2D eigenvalue weighted by atomic mass is 16.5. The second kappa shape index (κ2) is 7.98. The molecular formula is C21H16N2O3. The molecule has 0 saturated carbocycles. The first-order chi connectivity index (χ1) is 12.6. The Hall–Kier alpha value is -3.60. The van der Waals surface area contributed by atoms with Crippen molar-refractivity contribution >= 4 is 23.7 Å². The smallest absolute Gasteiger partial charge is 0.362 e. The van der Waals surface area contributed by atoms with Gasteiger partial charge in [0.05, 0.1) is 5.69 Å². The number of hydrogen-bond acceptors (Lipinski definition) is 5. The SMILES string of the molecule is CC(=O)c1cccc(N=Cc2ccc(OC(=O)c3ccccn3)cc2)c1. The van der Waals surface area contributed by atoms with Gasteiger partial charge in [-0.05, 0) is 61.0 Å². The fourth-order valence-electron chi connectivity index (χ4n) is 2.22. The van der Waals surface area contributed by atoms with Crippen molar-refractivity contribution in [2.75, 3.05) is 0 Å². The Kier molecular flexibility index (Phi) is 5.29. The first kappa shape index (κ1) is 17.2. The summed E-state index contributed by atoms with van der Waals surface area (Å²) in [6, 6.07) is 19.1. The normalized spacial score (nSPS) is 10.7. The Labute approximate surface area is 151 Å². The fourth-order valence-corrected chi connectivity index (χ4v) is 2.22. The molecule has 5 heteroatoms. The molecule has 0 fully saturated rings. The summed E-state index contributed by atoms with van der Waals surface area (Å²) >= 11 is 0. The van der Waals surface area contributed by atoms with Gasteiger partial charge in [-0.15, -0.1) is 0 Å². The van der Waals surface area contributed by atoms with Gasteiger partial charge in [-0.2, -0.15) is 0 Å². The van der Waals surface area contributed by atoms with Crippen molar-refractivity contribution in [3.63, 3.8) is 0 Å². The standard InChI is InChI=1S/C21H16N2O3/c1-15(24)17-5-4-6-18(13-17)23-14-16-8-10-19(11-9-16)26-21(25)20-7-2-3-12-22-20/h2-14H,1H3. The minimum absolute atomic E-state index is 0.00104. The van der Waals surface area contributed by atoms with Gasteiger partial charge >= 0.3 is 5.97 Å². The summed E-state index contributed by atoms with van der Waals surface area (Å²) in [6.45, 7) is 1.52. The summed E-state index contributed by atoms with van der Waals surface area (Å²) in [4.78, 5) is 31.7. The lowest BCUT2D eigenvalue weighted by Crippen LogP contribution is -2.10. The molecule has 5 nitrogen and oxygen atoms in total. The number of Topliss-reactive ketones (excluding diaryl/α,β-unsaturated/α-hetero) is 1. The number of nitrogens with zero attached hydrogens (tertiary/aromatic N) is 2. The van der Waals surface area contributed by atoms with Crippen LogP contribution >= 0.6 is 0 Å². The van der Waals surface area contributed by atoms with Crippen LogP contribution in [-0.4, -0.2) is 23.0 Å².